The summed E-state index contributed by atoms with van der Waals surface area (Å²) in [6.45, 7) is 5.14. The number of aromatic nitrogens is 2. The second-order valence-electron chi connectivity index (χ2n) is 8.26. The van der Waals surface area contributed by atoms with E-state index in [0.29, 0.717) is 25.9 Å². The first-order valence-electron chi connectivity index (χ1n) is 10.6. The lowest BCUT2D eigenvalue weighted by Gasteiger charge is -2.33. The Bertz CT molecular complexity index is 918. The molecule has 1 atom stereocenters. The summed E-state index contributed by atoms with van der Waals surface area (Å²) in [5, 5.41) is 6.81. The molecule has 1 saturated heterocycles. The SMILES string of the molecule is COCC(=O)N[C@H](C(=O)NC1CCN(C(=O)Cn2ccc3ccncc32)CC1)C(C)C. The number of piperidine rings is 1. The molecule has 0 aromatic carbocycles. The maximum atomic E-state index is 12.8. The van der Waals surface area contributed by atoms with Crippen LogP contribution in [0, 0.1) is 5.92 Å². The molecule has 0 spiro atoms. The van der Waals surface area contributed by atoms with Crippen molar-refractivity contribution in [3.63, 3.8) is 0 Å². The van der Waals surface area contributed by atoms with E-state index in [9.17, 15) is 14.4 Å². The van der Waals surface area contributed by atoms with Crippen molar-refractivity contribution in [2.75, 3.05) is 26.8 Å². The second kappa shape index (κ2) is 10.4. The summed E-state index contributed by atoms with van der Waals surface area (Å²) in [6.07, 6.45) is 6.77. The molecule has 3 amide bonds. The van der Waals surface area contributed by atoms with Crippen molar-refractivity contribution >= 4 is 28.6 Å². The Labute approximate surface area is 182 Å². The molecule has 3 rings (SSSR count). The van der Waals surface area contributed by atoms with Crippen LogP contribution < -0.4 is 10.6 Å². The predicted molar refractivity (Wildman–Crippen MR) is 116 cm³/mol. The molecule has 0 aliphatic carbocycles. The highest BCUT2D eigenvalue weighted by Crippen LogP contribution is 2.16. The first-order chi connectivity index (χ1) is 14.9. The van der Waals surface area contributed by atoms with Gasteiger partial charge in [0.2, 0.25) is 17.7 Å². The summed E-state index contributed by atoms with van der Waals surface area (Å²) in [7, 11) is 1.44. The monoisotopic (exact) mass is 429 g/mol. The Balaban J connectivity index is 1.49. The number of amides is 3. The van der Waals surface area contributed by atoms with E-state index in [1.807, 2.05) is 41.6 Å². The number of likely N-dealkylation sites (tertiary alicyclic amines) is 1. The molecule has 3 heterocycles. The van der Waals surface area contributed by atoms with Crippen molar-refractivity contribution in [1.82, 2.24) is 25.1 Å². The van der Waals surface area contributed by atoms with Crippen LogP contribution in [0.15, 0.2) is 30.7 Å². The van der Waals surface area contributed by atoms with Crippen LogP contribution in [0.1, 0.15) is 26.7 Å². The summed E-state index contributed by atoms with van der Waals surface area (Å²) in [6, 6.07) is 3.27. The highest BCUT2D eigenvalue weighted by Gasteiger charge is 2.29. The van der Waals surface area contributed by atoms with E-state index >= 15 is 0 Å². The van der Waals surface area contributed by atoms with E-state index in [-0.39, 0.29) is 42.8 Å². The molecule has 168 valence electrons. The fourth-order valence-electron chi connectivity index (χ4n) is 3.86. The molecule has 2 aromatic heterocycles. The third-order valence-electron chi connectivity index (χ3n) is 5.62. The van der Waals surface area contributed by atoms with Crippen molar-refractivity contribution in [1.29, 1.82) is 0 Å². The lowest BCUT2D eigenvalue weighted by Crippen LogP contribution is -2.55. The number of methoxy groups -OCH3 is 1. The molecule has 9 heteroatoms. The van der Waals surface area contributed by atoms with E-state index in [1.54, 1.807) is 12.4 Å². The third kappa shape index (κ3) is 5.81. The van der Waals surface area contributed by atoms with Crippen molar-refractivity contribution in [2.24, 2.45) is 5.92 Å². The molecule has 1 aliphatic rings. The predicted octanol–water partition coefficient (Wildman–Crippen LogP) is 0.931. The van der Waals surface area contributed by atoms with Crippen LogP contribution in [0.4, 0.5) is 0 Å². The average Bonchev–Trinajstić information content (AvgIpc) is 3.15. The molecule has 1 fully saturated rings. The van der Waals surface area contributed by atoms with Gasteiger partial charge in [0.05, 0.1) is 11.7 Å². The Morgan fingerprint density at radius 3 is 2.65 bits per heavy atom. The Kier molecular flexibility index (Phi) is 7.62. The van der Waals surface area contributed by atoms with Gasteiger partial charge in [-0.15, -0.1) is 0 Å². The van der Waals surface area contributed by atoms with Gasteiger partial charge in [-0.1, -0.05) is 13.8 Å². The number of ether oxygens (including phenoxy) is 1. The highest BCUT2D eigenvalue weighted by molar-refractivity contribution is 5.88. The first kappa shape index (κ1) is 22.7. The Hall–Kier alpha value is -2.94. The molecule has 9 nitrogen and oxygen atoms in total. The molecular formula is C22H31N5O4. The van der Waals surface area contributed by atoms with Crippen LogP contribution in [-0.2, 0) is 25.7 Å². The topological polar surface area (TPSA) is 106 Å². The number of hydrogen-bond acceptors (Lipinski definition) is 5. The van der Waals surface area contributed by atoms with Gasteiger partial charge in [-0.2, -0.15) is 0 Å². The van der Waals surface area contributed by atoms with Crippen LogP contribution >= 0.6 is 0 Å². The van der Waals surface area contributed by atoms with Gasteiger partial charge in [0.1, 0.15) is 19.2 Å². The summed E-state index contributed by atoms with van der Waals surface area (Å²) in [5.41, 5.74) is 0.938. The first-order valence-corrected chi connectivity index (χ1v) is 10.6. The normalized spacial score (nSPS) is 15.8. The number of hydrogen-bond donors (Lipinski definition) is 2. The maximum absolute atomic E-state index is 12.8. The number of rotatable bonds is 8. The van der Waals surface area contributed by atoms with Crippen molar-refractivity contribution in [2.45, 2.75) is 45.3 Å². The van der Waals surface area contributed by atoms with Gasteiger partial charge >= 0.3 is 0 Å². The summed E-state index contributed by atoms with van der Waals surface area (Å²) in [5.74, 6) is -0.508. The number of nitrogens with one attached hydrogen (secondary N) is 2. The van der Waals surface area contributed by atoms with E-state index in [2.05, 4.69) is 15.6 Å². The molecular weight excluding hydrogens is 398 g/mol. The van der Waals surface area contributed by atoms with Crippen molar-refractivity contribution < 1.29 is 19.1 Å². The number of fused-ring (bicyclic) bond motifs is 1. The summed E-state index contributed by atoms with van der Waals surface area (Å²) < 4.78 is 6.73. The van der Waals surface area contributed by atoms with Gasteiger partial charge in [0.15, 0.2) is 0 Å². The van der Waals surface area contributed by atoms with Gasteiger partial charge in [-0.25, -0.2) is 0 Å². The number of carbonyl (C=O) groups excluding carboxylic acids is 3. The molecule has 31 heavy (non-hydrogen) atoms. The zero-order valence-electron chi connectivity index (χ0n) is 18.3. The van der Waals surface area contributed by atoms with Gasteiger partial charge in [0.25, 0.3) is 0 Å². The quantitative estimate of drug-likeness (QED) is 0.650. The molecule has 2 aromatic rings. The minimum Gasteiger partial charge on any atom is -0.375 e. The number of nitrogens with zero attached hydrogens (tertiary/aromatic N) is 3. The van der Waals surface area contributed by atoms with E-state index in [1.165, 1.54) is 7.11 Å². The summed E-state index contributed by atoms with van der Waals surface area (Å²) in [4.78, 5) is 43.2. The smallest absolute Gasteiger partial charge is 0.246 e. The Morgan fingerprint density at radius 1 is 1.23 bits per heavy atom. The maximum Gasteiger partial charge on any atom is 0.246 e. The standard InChI is InChI=1S/C22H31N5O4/c1-15(2)21(25-19(28)14-31-3)22(30)24-17-6-10-26(11-7-17)20(29)13-27-9-5-16-4-8-23-12-18(16)27/h4-5,8-9,12,15,17,21H,6-7,10-11,13-14H2,1-3H3,(H,24,30)(H,25,28)/t21-/m0/s1. The zero-order valence-corrected chi connectivity index (χ0v) is 18.3. The van der Waals surface area contributed by atoms with Gasteiger partial charge in [-0.05, 0) is 30.9 Å². The molecule has 0 bridgehead atoms. The molecule has 2 N–H and O–H groups in total. The van der Waals surface area contributed by atoms with Gasteiger partial charge in [0, 0.05) is 44.0 Å². The largest absolute Gasteiger partial charge is 0.375 e. The van der Waals surface area contributed by atoms with Crippen LogP contribution in [0.25, 0.3) is 10.9 Å². The molecule has 0 unspecified atom stereocenters. The molecule has 0 saturated carbocycles. The van der Waals surface area contributed by atoms with Crippen molar-refractivity contribution in [3.05, 3.63) is 30.7 Å². The molecule has 1 aliphatic heterocycles. The van der Waals surface area contributed by atoms with Crippen LogP contribution in [-0.4, -0.2) is 71.1 Å². The lowest BCUT2D eigenvalue weighted by atomic mass is 10.0. The van der Waals surface area contributed by atoms with Crippen molar-refractivity contribution in [3.8, 4) is 0 Å². The fraction of sp³-hybridized carbons (Fsp3) is 0.545. The number of carbonyl (C=O) groups is 3. The van der Waals surface area contributed by atoms with Crippen LogP contribution in [0.5, 0.6) is 0 Å². The van der Waals surface area contributed by atoms with Crippen LogP contribution in [0.3, 0.4) is 0 Å². The highest BCUT2D eigenvalue weighted by atomic mass is 16.5. The zero-order chi connectivity index (χ0) is 22.4. The fourth-order valence-corrected chi connectivity index (χ4v) is 3.86. The minimum absolute atomic E-state index is 0.0197. The average molecular weight is 430 g/mol. The summed E-state index contributed by atoms with van der Waals surface area (Å²) >= 11 is 0. The third-order valence-corrected chi connectivity index (χ3v) is 5.62. The number of pyridine rings is 1. The Morgan fingerprint density at radius 2 is 1.97 bits per heavy atom. The van der Waals surface area contributed by atoms with Gasteiger partial charge < -0.3 is 24.8 Å². The van der Waals surface area contributed by atoms with E-state index in [0.717, 1.165) is 10.9 Å². The van der Waals surface area contributed by atoms with Gasteiger partial charge in [-0.3, -0.25) is 19.4 Å². The molecule has 0 radical (unpaired) electrons. The van der Waals surface area contributed by atoms with E-state index in [4.69, 9.17) is 4.74 Å². The minimum atomic E-state index is -0.613. The van der Waals surface area contributed by atoms with E-state index < -0.39 is 6.04 Å². The van der Waals surface area contributed by atoms with Crippen LogP contribution in [0.2, 0.25) is 0 Å². The second-order valence-corrected chi connectivity index (χ2v) is 8.26. The lowest BCUT2D eigenvalue weighted by molar-refractivity contribution is -0.134.